The van der Waals surface area contributed by atoms with Crippen molar-refractivity contribution >= 4 is 5.97 Å². The number of carbonyl (C=O) groups excluding carboxylic acids is 1. The highest BCUT2D eigenvalue weighted by Crippen LogP contribution is 2.34. The molecular formula is C29H44O4. The smallest absolute Gasteiger partial charge is 0.338 e. The molecule has 0 N–H and O–H groups in total. The predicted octanol–water partition coefficient (Wildman–Crippen LogP) is 7.81. The Morgan fingerprint density at radius 3 is 1.52 bits per heavy atom. The largest absolute Gasteiger partial charge is 0.484 e. The minimum atomic E-state index is -0.430. The summed E-state index contributed by atoms with van der Waals surface area (Å²) in [5, 5.41) is 0. The molecule has 2 aromatic carbocycles. The summed E-state index contributed by atoms with van der Waals surface area (Å²) in [4.78, 5) is 11.6. The zero-order chi connectivity index (χ0) is 25.4. The van der Waals surface area contributed by atoms with Gasteiger partial charge in [0.25, 0.3) is 0 Å². The van der Waals surface area contributed by atoms with Crippen LogP contribution >= 0.6 is 0 Å². The topological polar surface area (TPSA) is 44.8 Å². The van der Waals surface area contributed by atoms with Crippen molar-refractivity contribution < 1.29 is 19.0 Å². The summed E-state index contributed by atoms with van der Waals surface area (Å²) in [6.45, 7) is 22.1. The molecule has 0 aliphatic carbocycles. The molecule has 0 unspecified atom stereocenters. The third kappa shape index (κ3) is 11.8. The van der Waals surface area contributed by atoms with Crippen LogP contribution in [0.4, 0.5) is 0 Å². The van der Waals surface area contributed by atoms with E-state index in [2.05, 4.69) is 26.0 Å². The van der Waals surface area contributed by atoms with E-state index in [1.165, 1.54) is 11.1 Å². The number of ether oxygens (including phenoxy) is 3. The first-order valence-corrected chi connectivity index (χ1v) is 11.9. The van der Waals surface area contributed by atoms with Crippen LogP contribution in [0.5, 0.6) is 11.5 Å². The van der Waals surface area contributed by atoms with Gasteiger partial charge in [0.1, 0.15) is 16.8 Å². The van der Waals surface area contributed by atoms with E-state index in [0.29, 0.717) is 5.56 Å². The average Bonchev–Trinajstić information content (AvgIpc) is 2.66. The van der Waals surface area contributed by atoms with Crippen molar-refractivity contribution in [2.45, 2.75) is 106 Å². The summed E-state index contributed by atoms with van der Waals surface area (Å²) in [5.41, 5.74) is 2.23. The first kappa shape index (κ1) is 28.5. The van der Waals surface area contributed by atoms with Crippen LogP contribution in [-0.4, -0.2) is 22.8 Å². The average molecular weight is 457 g/mol. The highest BCUT2D eigenvalue weighted by Gasteiger charge is 2.20. The van der Waals surface area contributed by atoms with Crippen molar-refractivity contribution in [2.75, 3.05) is 0 Å². The standard InChI is InChI=1S/C16H26O2.C13H18O2/c1-8-12-9-10-13(17-15(2,3)4)14(11-12)18-16(5,6)7;1-5-10-6-8-11(9-7-10)12(14)15-13(2,3)4/h9-11H,8H2,1-7H3;6-9H,5H2,1-4H3. The van der Waals surface area contributed by atoms with E-state index in [1.807, 2.05) is 92.6 Å². The second kappa shape index (κ2) is 11.6. The highest BCUT2D eigenvalue weighted by molar-refractivity contribution is 5.89. The maximum absolute atomic E-state index is 11.6. The van der Waals surface area contributed by atoms with E-state index in [0.717, 1.165) is 24.3 Å². The molecule has 4 nitrogen and oxygen atoms in total. The van der Waals surface area contributed by atoms with Gasteiger partial charge in [0, 0.05) is 0 Å². The van der Waals surface area contributed by atoms with Gasteiger partial charge in [0.15, 0.2) is 11.5 Å². The Morgan fingerprint density at radius 1 is 0.636 bits per heavy atom. The van der Waals surface area contributed by atoms with Crippen molar-refractivity contribution in [3.63, 3.8) is 0 Å². The molecule has 0 amide bonds. The van der Waals surface area contributed by atoms with E-state index in [-0.39, 0.29) is 17.2 Å². The van der Waals surface area contributed by atoms with Gasteiger partial charge in [-0.2, -0.15) is 0 Å². The van der Waals surface area contributed by atoms with E-state index >= 15 is 0 Å². The van der Waals surface area contributed by atoms with Gasteiger partial charge < -0.3 is 14.2 Å². The fourth-order valence-corrected chi connectivity index (χ4v) is 2.81. The molecule has 0 aliphatic rings. The molecule has 33 heavy (non-hydrogen) atoms. The zero-order valence-corrected chi connectivity index (χ0v) is 22.6. The third-order valence-electron chi connectivity index (χ3n) is 4.25. The summed E-state index contributed by atoms with van der Waals surface area (Å²) in [6.07, 6.45) is 1.98. The number of benzene rings is 2. The quantitative estimate of drug-likeness (QED) is 0.430. The first-order chi connectivity index (χ1) is 15.0. The molecule has 0 atom stereocenters. The van der Waals surface area contributed by atoms with Crippen LogP contribution in [-0.2, 0) is 17.6 Å². The van der Waals surface area contributed by atoms with Gasteiger partial charge in [-0.05, 0) is 111 Å². The SMILES string of the molecule is CCc1ccc(C(=O)OC(C)(C)C)cc1.CCc1ccc(OC(C)(C)C)c(OC(C)(C)C)c1. The van der Waals surface area contributed by atoms with Gasteiger partial charge in [-0.25, -0.2) is 4.79 Å². The van der Waals surface area contributed by atoms with Gasteiger partial charge in [-0.1, -0.05) is 32.0 Å². The van der Waals surface area contributed by atoms with Gasteiger partial charge >= 0.3 is 5.97 Å². The molecule has 0 saturated heterocycles. The van der Waals surface area contributed by atoms with Gasteiger partial charge in [-0.15, -0.1) is 0 Å². The van der Waals surface area contributed by atoms with Gasteiger partial charge in [0.05, 0.1) is 5.56 Å². The summed E-state index contributed by atoms with van der Waals surface area (Å²) < 4.78 is 17.2. The van der Waals surface area contributed by atoms with Crippen molar-refractivity contribution in [1.29, 1.82) is 0 Å². The van der Waals surface area contributed by atoms with Gasteiger partial charge in [0.2, 0.25) is 0 Å². The van der Waals surface area contributed by atoms with Crippen molar-refractivity contribution in [2.24, 2.45) is 0 Å². The van der Waals surface area contributed by atoms with Crippen LogP contribution in [0.3, 0.4) is 0 Å². The Hall–Kier alpha value is -2.49. The van der Waals surface area contributed by atoms with Crippen LogP contribution in [0, 0.1) is 0 Å². The Labute approximate surface area is 201 Å². The Bertz CT molecular complexity index is 876. The fourth-order valence-electron chi connectivity index (χ4n) is 2.81. The number of carbonyl (C=O) groups is 1. The molecule has 184 valence electrons. The van der Waals surface area contributed by atoms with Crippen LogP contribution in [0.15, 0.2) is 42.5 Å². The number of esters is 1. The normalized spacial score (nSPS) is 11.8. The number of aryl methyl sites for hydroxylation is 2. The lowest BCUT2D eigenvalue weighted by Gasteiger charge is -2.27. The Kier molecular flexibility index (Phi) is 10.0. The van der Waals surface area contributed by atoms with E-state index < -0.39 is 5.60 Å². The maximum atomic E-state index is 11.6. The molecule has 0 heterocycles. The number of hydrogen-bond donors (Lipinski definition) is 0. The highest BCUT2D eigenvalue weighted by atomic mass is 16.6. The molecule has 0 spiro atoms. The summed E-state index contributed by atoms with van der Waals surface area (Å²) >= 11 is 0. The minimum absolute atomic E-state index is 0.219. The summed E-state index contributed by atoms with van der Waals surface area (Å²) in [7, 11) is 0. The lowest BCUT2D eigenvalue weighted by atomic mass is 10.1. The van der Waals surface area contributed by atoms with Gasteiger partial charge in [-0.3, -0.25) is 0 Å². The first-order valence-electron chi connectivity index (χ1n) is 11.9. The van der Waals surface area contributed by atoms with Crippen molar-refractivity contribution in [3.8, 4) is 11.5 Å². The molecule has 2 rings (SSSR count). The van der Waals surface area contributed by atoms with Crippen LogP contribution in [0.25, 0.3) is 0 Å². The molecule has 0 bridgehead atoms. The monoisotopic (exact) mass is 456 g/mol. The Morgan fingerprint density at radius 2 is 1.09 bits per heavy atom. The Balaban J connectivity index is 0.000000335. The minimum Gasteiger partial charge on any atom is -0.484 e. The molecule has 0 aromatic heterocycles. The van der Waals surface area contributed by atoms with E-state index in [4.69, 9.17) is 14.2 Å². The number of hydrogen-bond acceptors (Lipinski definition) is 4. The molecular weight excluding hydrogens is 412 g/mol. The van der Waals surface area contributed by atoms with E-state index in [9.17, 15) is 4.79 Å². The lowest BCUT2D eigenvalue weighted by molar-refractivity contribution is 0.00694. The van der Waals surface area contributed by atoms with Crippen molar-refractivity contribution in [1.82, 2.24) is 0 Å². The van der Waals surface area contributed by atoms with Crippen LogP contribution in [0.2, 0.25) is 0 Å². The summed E-state index contributed by atoms with van der Waals surface area (Å²) in [6, 6.07) is 13.7. The predicted molar refractivity (Wildman–Crippen MR) is 138 cm³/mol. The fraction of sp³-hybridized carbons (Fsp3) is 0.552. The number of rotatable bonds is 5. The van der Waals surface area contributed by atoms with Crippen LogP contribution in [0.1, 0.15) is 97.6 Å². The zero-order valence-electron chi connectivity index (χ0n) is 22.6. The second-order valence-electron chi connectivity index (χ2n) is 11.1. The second-order valence-corrected chi connectivity index (χ2v) is 11.1. The molecule has 4 heteroatoms. The maximum Gasteiger partial charge on any atom is 0.338 e. The third-order valence-corrected chi connectivity index (χ3v) is 4.25. The van der Waals surface area contributed by atoms with E-state index in [1.54, 1.807) is 0 Å². The van der Waals surface area contributed by atoms with Crippen LogP contribution < -0.4 is 9.47 Å². The molecule has 0 saturated carbocycles. The summed E-state index contributed by atoms with van der Waals surface area (Å²) in [5.74, 6) is 1.39. The molecule has 0 fully saturated rings. The van der Waals surface area contributed by atoms with Crippen molar-refractivity contribution in [3.05, 3.63) is 59.2 Å². The molecule has 0 radical (unpaired) electrons. The lowest BCUT2D eigenvalue weighted by Crippen LogP contribution is -2.26. The molecule has 2 aromatic rings. The molecule has 0 aliphatic heterocycles.